The van der Waals surface area contributed by atoms with Crippen molar-refractivity contribution in [3.8, 4) is 5.75 Å². The van der Waals surface area contributed by atoms with Crippen LogP contribution in [-0.2, 0) is 17.8 Å². The van der Waals surface area contributed by atoms with E-state index in [9.17, 15) is 23.1 Å². The van der Waals surface area contributed by atoms with Gasteiger partial charge in [0, 0.05) is 10.0 Å². The van der Waals surface area contributed by atoms with Crippen molar-refractivity contribution >= 4 is 21.9 Å². The molecular formula is C17H14BrF3O4. The van der Waals surface area contributed by atoms with E-state index in [-0.39, 0.29) is 18.6 Å². The number of carbonyl (C=O) groups is 1. The Hall–Kier alpha value is -2.06. The van der Waals surface area contributed by atoms with Gasteiger partial charge in [-0.2, -0.15) is 13.2 Å². The number of benzene rings is 2. The molecular weight excluding hydrogens is 405 g/mol. The number of halogens is 4. The average molecular weight is 419 g/mol. The fourth-order valence-corrected chi connectivity index (χ4v) is 2.78. The van der Waals surface area contributed by atoms with Gasteiger partial charge in [-0.05, 0) is 35.4 Å². The summed E-state index contributed by atoms with van der Waals surface area (Å²) < 4.78 is 43.9. The van der Waals surface area contributed by atoms with E-state index in [4.69, 9.17) is 9.84 Å². The molecule has 8 heteroatoms. The summed E-state index contributed by atoms with van der Waals surface area (Å²) in [6.45, 7) is -0.0757. The molecule has 2 rings (SSSR count). The maximum absolute atomic E-state index is 12.7. The number of para-hydroxylation sites is 1. The summed E-state index contributed by atoms with van der Waals surface area (Å²) in [5.41, 5.74) is 0.553. The number of carboxylic acids is 1. The van der Waals surface area contributed by atoms with Gasteiger partial charge in [-0.1, -0.05) is 34.1 Å². The summed E-state index contributed by atoms with van der Waals surface area (Å²) >= 11 is 3.11. The van der Waals surface area contributed by atoms with Crippen LogP contribution in [0.5, 0.6) is 5.75 Å². The molecule has 0 bridgehead atoms. The van der Waals surface area contributed by atoms with Crippen LogP contribution in [0.4, 0.5) is 13.2 Å². The van der Waals surface area contributed by atoms with Crippen molar-refractivity contribution in [1.82, 2.24) is 0 Å². The lowest BCUT2D eigenvalue weighted by Crippen LogP contribution is -2.20. The lowest BCUT2D eigenvalue weighted by Gasteiger charge is -2.17. The maximum atomic E-state index is 12.7. The van der Waals surface area contributed by atoms with Crippen molar-refractivity contribution in [3.63, 3.8) is 0 Å². The lowest BCUT2D eigenvalue weighted by atomic mass is 10.1. The highest BCUT2D eigenvalue weighted by Crippen LogP contribution is 2.34. The van der Waals surface area contributed by atoms with Crippen LogP contribution in [0.2, 0.25) is 0 Å². The maximum Gasteiger partial charge on any atom is 0.418 e. The average Bonchev–Trinajstić information content (AvgIpc) is 2.51. The highest BCUT2D eigenvalue weighted by atomic mass is 79.9. The van der Waals surface area contributed by atoms with Crippen LogP contribution in [0.15, 0.2) is 46.9 Å². The van der Waals surface area contributed by atoms with Crippen molar-refractivity contribution in [3.05, 3.63) is 63.6 Å². The smallest absolute Gasteiger partial charge is 0.418 e. The Labute approximate surface area is 150 Å². The minimum absolute atomic E-state index is 0.0757. The van der Waals surface area contributed by atoms with Crippen LogP contribution in [0.25, 0.3) is 0 Å². The molecule has 0 amide bonds. The highest BCUT2D eigenvalue weighted by Gasteiger charge is 2.39. The minimum Gasteiger partial charge on any atom is -0.489 e. The zero-order valence-corrected chi connectivity index (χ0v) is 14.3. The van der Waals surface area contributed by atoms with Crippen LogP contribution in [-0.4, -0.2) is 22.4 Å². The van der Waals surface area contributed by atoms with Crippen LogP contribution < -0.4 is 4.74 Å². The third kappa shape index (κ3) is 5.47. The number of hydrogen-bond acceptors (Lipinski definition) is 3. The standard InChI is InChI=1S/C17H14BrF3O4/c18-13-6-10(5-12(7-13)16(24)17(19,20)21)9-25-14-4-2-1-3-11(14)8-15(22)23/h1-7,16,24H,8-9H2,(H,22,23). The second-order valence-corrected chi connectivity index (χ2v) is 6.22. The number of rotatable bonds is 6. The van der Waals surface area contributed by atoms with E-state index in [0.29, 0.717) is 21.3 Å². The SMILES string of the molecule is O=C(O)Cc1ccccc1OCc1cc(Br)cc(C(O)C(F)(F)F)c1. The number of aliphatic hydroxyl groups is 1. The van der Waals surface area contributed by atoms with Crippen molar-refractivity contribution in [1.29, 1.82) is 0 Å². The Morgan fingerprint density at radius 3 is 2.52 bits per heavy atom. The summed E-state index contributed by atoms with van der Waals surface area (Å²) in [4.78, 5) is 10.9. The van der Waals surface area contributed by atoms with Crippen molar-refractivity contribution < 1.29 is 32.9 Å². The van der Waals surface area contributed by atoms with E-state index in [1.807, 2.05) is 0 Å². The Morgan fingerprint density at radius 1 is 1.20 bits per heavy atom. The number of ether oxygens (including phenoxy) is 1. The number of aliphatic hydroxyl groups excluding tert-OH is 1. The zero-order valence-electron chi connectivity index (χ0n) is 12.8. The molecule has 0 aliphatic carbocycles. The van der Waals surface area contributed by atoms with Crippen molar-refractivity contribution in [2.75, 3.05) is 0 Å². The first-order chi connectivity index (χ1) is 11.7. The van der Waals surface area contributed by atoms with E-state index in [1.54, 1.807) is 30.3 Å². The molecule has 0 aliphatic rings. The molecule has 0 aliphatic heterocycles. The number of aliphatic carboxylic acids is 1. The van der Waals surface area contributed by atoms with Gasteiger partial charge < -0.3 is 14.9 Å². The van der Waals surface area contributed by atoms with E-state index in [2.05, 4.69) is 15.9 Å². The first kappa shape index (κ1) is 19.3. The van der Waals surface area contributed by atoms with Gasteiger partial charge in [0.25, 0.3) is 0 Å². The first-order valence-corrected chi connectivity index (χ1v) is 7.93. The summed E-state index contributed by atoms with van der Waals surface area (Å²) in [7, 11) is 0. The zero-order chi connectivity index (χ0) is 18.6. The van der Waals surface area contributed by atoms with Gasteiger partial charge >= 0.3 is 12.1 Å². The first-order valence-electron chi connectivity index (χ1n) is 7.13. The van der Waals surface area contributed by atoms with Gasteiger partial charge in [0.15, 0.2) is 6.10 Å². The molecule has 134 valence electrons. The molecule has 0 saturated carbocycles. The molecule has 0 radical (unpaired) electrons. The van der Waals surface area contributed by atoms with Crippen molar-refractivity contribution in [2.24, 2.45) is 0 Å². The molecule has 0 aromatic heterocycles. The van der Waals surface area contributed by atoms with Gasteiger partial charge in [-0.25, -0.2) is 0 Å². The van der Waals surface area contributed by atoms with Gasteiger partial charge in [0.1, 0.15) is 12.4 Å². The molecule has 2 N–H and O–H groups in total. The molecule has 4 nitrogen and oxygen atoms in total. The predicted octanol–water partition coefficient (Wildman–Crippen LogP) is 4.25. The number of carboxylic acid groups (broad SMARTS) is 1. The molecule has 2 aromatic rings. The number of alkyl halides is 3. The fraction of sp³-hybridized carbons (Fsp3) is 0.235. The molecule has 0 saturated heterocycles. The normalized spacial score (nSPS) is 12.7. The Balaban J connectivity index is 2.19. The summed E-state index contributed by atoms with van der Waals surface area (Å²) in [5.74, 6) is -0.683. The predicted molar refractivity (Wildman–Crippen MR) is 87.3 cm³/mol. The number of hydrogen-bond donors (Lipinski definition) is 2. The second-order valence-electron chi connectivity index (χ2n) is 5.30. The van der Waals surface area contributed by atoms with Crippen LogP contribution in [0.1, 0.15) is 22.8 Å². The van der Waals surface area contributed by atoms with Gasteiger partial charge in [-0.15, -0.1) is 0 Å². The van der Waals surface area contributed by atoms with Gasteiger partial charge in [0.05, 0.1) is 6.42 Å². The monoisotopic (exact) mass is 418 g/mol. The van der Waals surface area contributed by atoms with Crippen molar-refractivity contribution in [2.45, 2.75) is 25.3 Å². The summed E-state index contributed by atoms with van der Waals surface area (Å²) in [5, 5.41) is 18.3. The molecule has 25 heavy (non-hydrogen) atoms. The summed E-state index contributed by atoms with van der Waals surface area (Å²) in [6, 6.07) is 10.5. The Kier molecular flexibility index (Phi) is 6.07. The minimum atomic E-state index is -4.77. The van der Waals surface area contributed by atoms with Gasteiger partial charge in [0.2, 0.25) is 0 Å². The van der Waals surface area contributed by atoms with Crippen LogP contribution >= 0.6 is 15.9 Å². The Bertz CT molecular complexity index is 762. The third-order valence-electron chi connectivity index (χ3n) is 3.31. The highest BCUT2D eigenvalue weighted by molar-refractivity contribution is 9.10. The molecule has 1 atom stereocenters. The molecule has 1 unspecified atom stereocenters. The van der Waals surface area contributed by atoms with E-state index >= 15 is 0 Å². The molecule has 2 aromatic carbocycles. The van der Waals surface area contributed by atoms with E-state index in [1.165, 1.54) is 12.1 Å². The second kappa shape index (κ2) is 7.88. The third-order valence-corrected chi connectivity index (χ3v) is 3.77. The van der Waals surface area contributed by atoms with Crippen LogP contribution in [0.3, 0.4) is 0 Å². The fourth-order valence-electron chi connectivity index (χ4n) is 2.22. The van der Waals surface area contributed by atoms with Gasteiger partial charge in [-0.3, -0.25) is 4.79 Å². The lowest BCUT2D eigenvalue weighted by molar-refractivity contribution is -0.206. The van der Waals surface area contributed by atoms with E-state index < -0.39 is 18.2 Å². The molecule has 0 fully saturated rings. The Morgan fingerprint density at radius 2 is 1.88 bits per heavy atom. The topological polar surface area (TPSA) is 66.8 Å². The largest absolute Gasteiger partial charge is 0.489 e. The molecule has 0 spiro atoms. The summed E-state index contributed by atoms with van der Waals surface area (Å²) in [6.07, 6.45) is -7.59. The van der Waals surface area contributed by atoms with E-state index in [0.717, 1.165) is 0 Å². The molecule has 0 heterocycles. The van der Waals surface area contributed by atoms with Crippen LogP contribution in [0, 0.1) is 0 Å². The quantitative estimate of drug-likeness (QED) is 0.735.